The van der Waals surface area contributed by atoms with Gasteiger partial charge in [-0.3, -0.25) is 0 Å². The Balaban J connectivity index is 1.97. The highest BCUT2D eigenvalue weighted by Gasteiger charge is 2.07. The Morgan fingerprint density at radius 1 is 1.14 bits per heavy atom. The van der Waals surface area contributed by atoms with Crippen molar-refractivity contribution in [2.45, 2.75) is 33.4 Å². The highest BCUT2D eigenvalue weighted by molar-refractivity contribution is 5.30. The first-order chi connectivity index (χ1) is 10.1. The van der Waals surface area contributed by atoms with Gasteiger partial charge in [-0.1, -0.05) is 18.2 Å². The summed E-state index contributed by atoms with van der Waals surface area (Å²) in [5, 5.41) is 3.43. The molecule has 2 rings (SSSR count). The van der Waals surface area contributed by atoms with Gasteiger partial charge in [-0.15, -0.1) is 0 Å². The molecule has 0 aliphatic rings. The summed E-state index contributed by atoms with van der Waals surface area (Å²) in [5.41, 5.74) is 3.28. The molecule has 0 aliphatic heterocycles. The van der Waals surface area contributed by atoms with Crippen molar-refractivity contribution in [3.63, 3.8) is 0 Å². The van der Waals surface area contributed by atoms with Gasteiger partial charge in [0.05, 0.1) is 6.61 Å². The topological polar surface area (TPSA) is 21.3 Å². The quantitative estimate of drug-likeness (QED) is 0.851. The zero-order valence-electron chi connectivity index (χ0n) is 12.8. The molecule has 0 amide bonds. The molecule has 21 heavy (non-hydrogen) atoms. The number of halogens is 1. The van der Waals surface area contributed by atoms with E-state index in [1.165, 1.54) is 11.6 Å². The van der Waals surface area contributed by atoms with Crippen molar-refractivity contribution in [2.24, 2.45) is 0 Å². The molecule has 112 valence electrons. The molecule has 0 fully saturated rings. The number of aryl methyl sites for hydroxylation is 1. The summed E-state index contributed by atoms with van der Waals surface area (Å²) < 4.78 is 18.7. The lowest BCUT2D eigenvalue weighted by atomic mass is 10.1. The van der Waals surface area contributed by atoms with E-state index in [0.717, 1.165) is 16.9 Å². The maximum Gasteiger partial charge on any atom is 0.123 e. The molecule has 2 aromatic carbocycles. The summed E-state index contributed by atoms with van der Waals surface area (Å²) >= 11 is 0. The van der Waals surface area contributed by atoms with E-state index in [0.29, 0.717) is 13.2 Å². The Morgan fingerprint density at radius 2 is 1.86 bits per heavy atom. The highest BCUT2D eigenvalue weighted by Crippen LogP contribution is 2.18. The molecule has 1 unspecified atom stereocenters. The number of ether oxygens (including phenoxy) is 1. The lowest BCUT2D eigenvalue weighted by Crippen LogP contribution is -2.18. The van der Waals surface area contributed by atoms with Crippen molar-refractivity contribution < 1.29 is 9.13 Å². The molecule has 0 saturated heterocycles. The Kier molecular flexibility index (Phi) is 5.34. The van der Waals surface area contributed by atoms with E-state index >= 15 is 0 Å². The van der Waals surface area contributed by atoms with Crippen LogP contribution in [0.1, 0.15) is 36.6 Å². The predicted molar refractivity (Wildman–Crippen MR) is 84.0 cm³/mol. The first-order valence-corrected chi connectivity index (χ1v) is 7.31. The largest absolute Gasteiger partial charge is 0.494 e. The molecule has 1 atom stereocenters. The predicted octanol–water partition coefficient (Wildman–Crippen LogP) is 4.38. The zero-order valence-corrected chi connectivity index (χ0v) is 12.8. The van der Waals surface area contributed by atoms with Crippen molar-refractivity contribution in [3.05, 3.63) is 65.0 Å². The number of benzene rings is 2. The monoisotopic (exact) mass is 287 g/mol. The lowest BCUT2D eigenvalue weighted by Gasteiger charge is -2.16. The fourth-order valence-corrected chi connectivity index (χ4v) is 2.23. The third-order valence-electron chi connectivity index (χ3n) is 3.60. The van der Waals surface area contributed by atoms with Crippen LogP contribution in [0, 0.1) is 12.7 Å². The molecule has 0 bridgehead atoms. The van der Waals surface area contributed by atoms with Crippen molar-refractivity contribution >= 4 is 0 Å². The van der Waals surface area contributed by atoms with Crippen LogP contribution in [0.15, 0.2) is 42.5 Å². The van der Waals surface area contributed by atoms with E-state index < -0.39 is 0 Å². The summed E-state index contributed by atoms with van der Waals surface area (Å²) in [6, 6.07) is 13.2. The molecule has 2 aromatic rings. The summed E-state index contributed by atoms with van der Waals surface area (Å²) in [5.74, 6) is 0.695. The van der Waals surface area contributed by atoms with Crippen molar-refractivity contribution in [3.8, 4) is 5.75 Å². The number of nitrogens with one attached hydrogen (secondary N) is 1. The molecule has 0 spiro atoms. The average Bonchev–Trinajstić information content (AvgIpc) is 2.49. The number of hydrogen-bond donors (Lipinski definition) is 1. The Morgan fingerprint density at radius 3 is 2.52 bits per heavy atom. The van der Waals surface area contributed by atoms with Crippen LogP contribution in [-0.2, 0) is 6.54 Å². The third kappa shape index (κ3) is 4.30. The minimum atomic E-state index is -0.189. The molecule has 0 aliphatic carbocycles. The second-order valence-electron chi connectivity index (χ2n) is 5.18. The molecular formula is C18H22FNO. The summed E-state index contributed by atoms with van der Waals surface area (Å²) in [6.45, 7) is 7.39. The summed E-state index contributed by atoms with van der Waals surface area (Å²) in [4.78, 5) is 0. The van der Waals surface area contributed by atoms with E-state index in [1.807, 2.05) is 32.0 Å². The van der Waals surface area contributed by atoms with Crippen molar-refractivity contribution in [2.75, 3.05) is 6.61 Å². The zero-order chi connectivity index (χ0) is 15.2. The van der Waals surface area contributed by atoms with E-state index in [-0.39, 0.29) is 11.9 Å². The van der Waals surface area contributed by atoms with Gasteiger partial charge in [-0.05, 0) is 61.7 Å². The van der Waals surface area contributed by atoms with E-state index in [9.17, 15) is 4.39 Å². The minimum Gasteiger partial charge on any atom is -0.494 e. The van der Waals surface area contributed by atoms with Crippen LogP contribution < -0.4 is 10.1 Å². The molecular weight excluding hydrogens is 265 g/mol. The molecule has 1 N–H and O–H groups in total. The van der Waals surface area contributed by atoms with Gasteiger partial charge in [-0.25, -0.2) is 4.39 Å². The van der Waals surface area contributed by atoms with Gasteiger partial charge in [0.2, 0.25) is 0 Å². The van der Waals surface area contributed by atoms with Gasteiger partial charge < -0.3 is 10.1 Å². The van der Waals surface area contributed by atoms with E-state index in [4.69, 9.17) is 4.74 Å². The summed E-state index contributed by atoms with van der Waals surface area (Å²) in [7, 11) is 0. The molecule has 0 saturated carbocycles. The second kappa shape index (κ2) is 7.23. The van der Waals surface area contributed by atoms with Crippen molar-refractivity contribution in [1.82, 2.24) is 5.32 Å². The van der Waals surface area contributed by atoms with Crippen LogP contribution in [0.3, 0.4) is 0 Å². The van der Waals surface area contributed by atoms with E-state index in [2.05, 4.69) is 24.4 Å². The van der Waals surface area contributed by atoms with Crippen LogP contribution in [0.25, 0.3) is 0 Å². The first kappa shape index (κ1) is 15.5. The summed E-state index contributed by atoms with van der Waals surface area (Å²) in [6.07, 6.45) is 0. The van der Waals surface area contributed by atoms with Gasteiger partial charge in [0.1, 0.15) is 11.6 Å². The lowest BCUT2D eigenvalue weighted by molar-refractivity contribution is 0.340. The fourth-order valence-electron chi connectivity index (χ4n) is 2.23. The Labute approximate surface area is 126 Å². The maximum atomic E-state index is 13.3. The van der Waals surface area contributed by atoms with Crippen LogP contribution in [0.2, 0.25) is 0 Å². The first-order valence-electron chi connectivity index (χ1n) is 7.31. The highest BCUT2D eigenvalue weighted by atomic mass is 19.1. The smallest absolute Gasteiger partial charge is 0.123 e. The normalized spacial score (nSPS) is 12.2. The Bertz CT molecular complexity index is 580. The standard InChI is InChI=1S/C18H22FNO/c1-4-21-18-9-6-15(7-10-18)14(3)20-12-16-11-17(19)8-5-13(16)2/h5-11,14,20H,4,12H2,1-3H3. The molecule has 0 radical (unpaired) electrons. The fraction of sp³-hybridized carbons (Fsp3) is 0.333. The average molecular weight is 287 g/mol. The number of rotatable bonds is 6. The van der Waals surface area contributed by atoms with Gasteiger partial charge >= 0.3 is 0 Å². The molecule has 3 heteroatoms. The van der Waals surface area contributed by atoms with Crippen LogP contribution in [0.4, 0.5) is 4.39 Å². The van der Waals surface area contributed by atoms with Gasteiger partial charge in [0.15, 0.2) is 0 Å². The maximum absolute atomic E-state index is 13.3. The molecule has 0 aromatic heterocycles. The van der Waals surface area contributed by atoms with Crippen LogP contribution in [-0.4, -0.2) is 6.61 Å². The second-order valence-corrected chi connectivity index (χ2v) is 5.18. The number of hydrogen-bond acceptors (Lipinski definition) is 2. The van der Waals surface area contributed by atoms with Gasteiger partial charge in [-0.2, -0.15) is 0 Å². The van der Waals surface area contributed by atoms with Gasteiger partial charge in [0.25, 0.3) is 0 Å². The minimum absolute atomic E-state index is 0.189. The molecule has 2 nitrogen and oxygen atoms in total. The van der Waals surface area contributed by atoms with Crippen LogP contribution in [0.5, 0.6) is 5.75 Å². The van der Waals surface area contributed by atoms with Gasteiger partial charge in [0, 0.05) is 12.6 Å². The third-order valence-corrected chi connectivity index (χ3v) is 3.60. The SMILES string of the molecule is CCOc1ccc(C(C)NCc2cc(F)ccc2C)cc1. The van der Waals surface area contributed by atoms with E-state index in [1.54, 1.807) is 6.07 Å². The Hall–Kier alpha value is -1.87. The van der Waals surface area contributed by atoms with Crippen molar-refractivity contribution in [1.29, 1.82) is 0 Å². The van der Waals surface area contributed by atoms with Crippen LogP contribution >= 0.6 is 0 Å². The molecule has 0 heterocycles.